The van der Waals surface area contributed by atoms with Crippen LogP contribution in [0.3, 0.4) is 0 Å². The number of anilines is 1. The van der Waals surface area contributed by atoms with Gasteiger partial charge in [0.1, 0.15) is 6.61 Å². The van der Waals surface area contributed by atoms with E-state index in [4.69, 9.17) is 4.74 Å². The number of carbonyl (C=O) groups is 1. The number of carbonyl (C=O) groups excluding carboxylic acids is 1. The molecule has 24 heavy (non-hydrogen) atoms. The average molecular weight is 320 g/mol. The lowest BCUT2D eigenvalue weighted by atomic mass is 10.1. The van der Waals surface area contributed by atoms with Crippen molar-refractivity contribution in [1.82, 2.24) is 4.57 Å². The molecule has 1 heterocycles. The molecule has 4 heteroatoms. The average Bonchev–Trinajstić information content (AvgIpc) is 3.40. The predicted octanol–water partition coefficient (Wildman–Crippen LogP) is 4.80. The van der Waals surface area contributed by atoms with Gasteiger partial charge in [0.05, 0.1) is 11.2 Å². The van der Waals surface area contributed by atoms with E-state index in [0.29, 0.717) is 5.92 Å². The fraction of sp³-hybridized carbons (Fsp3) is 0.250. The number of aromatic nitrogens is 1. The molecule has 1 aromatic heterocycles. The molecule has 4 nitrogen and oxygen atoms in total. The molecule has 1 N–H and O–H groups in total. The van der Waals surface area contributed by atoms with Gasteiger partial charge in [-0.2, -0.15) is 0 Å². The third-order valence-corrected chi connectivity index (χ3v) is 4.50. The van der Waals surface area contributed by atoms with Crippen LogP contribution >= 0.6 is 0 Å². The topological polar surface area (TPSA) is 43.3 Å². The summed E-state index contributed by atoms with van der Waals surface area (Å²) in [6.07, 6.45) is 4.04. The maximum absolute atomic E-state index is 12.1. The normalized spacial score (nSPS) is 13.9. The number of hydrogen-bond acceptors (Lipinski definition) is 2. The Morgan fingerprint density at radius 3 is 2.71 bits per heavy atom. The number of rotatable bonds is 4. The number of ether oxygens (including phenoxy) is 1. The van der Waals surface area contributed by atoms with Gasteiger partial charge in [-0.3, -0.25) is 5.32 Å². The third kappa shape index (κ3) is 2.87. The second-order valence-electron chi connectivity index (χ2n) is 6.36. The summed E-state index contributed by atoms with van der Waals surface area (Å²) in [6, 6.07) is 16.0. The lowest BCUT2D eigenvalue weighted by Crippen LogP contribution is -2.13. The predicted molar refractivity (Wildman–Crippen MR) is 95.1 cm³/mol. The van der Waals surface area contributed by atoms with Crippen molar-refractivity contribution in [2.24, 2.45) is 7.05 Å². The van der Waals surface area contributed by atoms with Crippen molar-refractivity contribution in [3.8, 4) is 0 Å². The van der Waals surface area contributed by atoms with Crippen molar-refractivity contribution in [1.29, 1.82) is 0 Å². The van der Waals surface area contributed by atoms with E-state index in [1.54, 1.807) is 0 Å². The van der Waals surface area contributed by atoms with Gasteiger partial charge in [-0.15, -0.1) is 0 Å². The highest BCUT2D eigenvalue weighted by atomic mass is 16.5. The monoisotopic (exact) mass is 320 g/mol. The molecule has 0 aliphatic heterocycles. The van der Waals surface area contributed by atoms with E-state index >= 15 is 0 Å². The van der Waals surface area contributed by atoms with E-state index in [-0.39, 0.29) is 6.61 Å². The van der Waals surface area contributed by atoms with Crippen molar-refractivity contribution in [3.05, 3.63) is 65.9 Å². The third-order valence-electron chi connectivity index (χ3n) is 4.50. The van der Waals surface area contributed by atoms with Crippen LogP contribution < -0.4 is 5.32 Å². The molecule has 2 aromatic carbocycles. The number of aryl methyl sites for hydroxylation is 1. The van der Waals surface area contributed by atoms with Crippen molar-refractivity contribution >= 4 is 22.7 Å². The summed E-state index contributed by atoms with van der Waals surface area (Å²) in [7, 11) is 2.02. The Hall–Kier alpha value is -2.75. The van der Waals surface area contributed by atoms with Crippen molar-refractivity contribution < 1.29 is 9.53 Å². The van der Waals surface area contributed by atoms with Crippen LogP contribution in [0, 0.1) is 0 Å². The number of amides is 1. The molecule has 0 radical (unpaired) electrons. The summed E-state index contributed by atoms with van der Waals surface area (Å²) in [4.78, 5) is 12.1. The summed E-state index contributed by atoms with van der Waals surface area (Å²) in [6.45, 7) is 0.269. The van der Waals surface area contributed by atoms with E-state index in [1.165, 1.54) is 23.9 Å². The standard InChI is InChI=1S/C20H20N2O2/c1-22-12-18(17-9-5-8-16(19(17)22)15-10-11-15)21-20(23)24-13-14-6-3-2-4-7-14/h2-9,12,15H,10-11,13H2,1H3,(H,21,23). The largest absolute Gasteiger partial charge is 0.444 e. The molecule has 0 saturated heterocycles. The minimum Gasteiger partial charge on any atom is -0.444 e. The van der Waals surface area contributed by atoms with Crippen LogP contribution in [0.2, 0.25) is 0 Å². The van der Waals surface area contributed by atoms with E-state index in [9.17, 15) is 4.79 Å². The first-order chi connectivity index (χ1) is 11.7. The number of hydrogen-bond donors (Lipinski definition) is 1. The first-order valence-corrected chi connectivity index (χ1v) is 8.28. The van der Waals surface area contributed by atoms with E-state index in [2.05, 4.69) is 22.0 Å². The Morgan fingerprint density at radius 2 is 1.96 bits per heavy atom. The van der Waals surface area contributed by atoms with Gasteiger partial charge >= 0.3 is 6.09 Å². The Balaban J connectivity index is 1.52. The molecule has 1 fully saturated rings. The summed E-state index contributed by atoms with van der Waals surface area (Å²) in [5.74, 6) is 0.667. The highest BCUT2D eigenvalue weighted by molar-refractivity contribution is 6.01. The molecule has 0 unspecified atom stereocenters. The first kappa shape index (κ1) is 14.8. The summed E-state index contributed by atoms with van der Waals surface area (Å²) in [5, 5.41) is 3.95. The Labute approximate surface area is 141 Å². The van der Waals surface area contributed by atoms with Gasteiger partial charge in [-0.05, 0) is 29.9 Å². The quantitative estimate of drug-likeness (QED) is 0.750. The summed E-state index contributed by atoms with van der Waals surface area (Å²) in [5.41, 5.74) is 4.36. The molecular weight excluding hydrogens is 300 g/mol. The van der Waals surface area contributed by atoms with E-state index in [1.807, 2.05) is 49.6 Å². The molecule has 0 atom stereocenters. The van der Waals surface area contributed by atoms with Crippen LogP contribution in [0.4, 0.5) is 10.5 Å². The number of nitrogens with zero attached hydrogens (tertiary/aromatic N) is 1. The highest BCUT2D eigenvalue weighted by Crippen LogP contribution is 2.44. The van der Waals surface area contributed by atoms with Gasteiger partial charge in [0, 0.05) is 18.6 Å². The molecular formula is C20H20N2O2. The van der Waals surface area contributed by atoms with Gasteiger partial charge < -0.3 is 9.30 Å². The van der Waals surface area contributed by atoms with Crippen molar-refractivity contribution in [2.75, 3.05) is 5.32 Å². The SMILES string of the molecule is Cn1cc(NC(=O)OCc2ccccc2)c2cccc(C3CC3)c21. The zero-order valence-corrected chi connectivity index (χ0v) is 13.7. The molecule has 122 valence electrons. The lowest BCUT2D eigenvalue weighted by molar-refractivity contribution is 0.155. The van der Waals surface area contributed by atoms with Crippen LogP contribution in [0.15, 0.2) is 54.7 Å². The van der Waals surface area contributed by atoms with E-state index in [0.717, 1.165) is 16.6 Å². The van der Waals surface area contributed by atoms with Gasteiger partial charge in [-0.25, -0.2) is 4.79 Å². The number of benzene rings is 2. The molecule has 1 aliphatic carbocycles. The van der Waals surface area contributed by atoms with Crippen molar-refractivity contribution in [2.45, 2.75) is 25.4 Å². The Bertz CT molecular complexity index is 879. The van der Waals surface area contributed by atoms with Gasteiger partial charge in [0.2, 0.25) is 0 Å². The number of para-hydroxylation sites is 1. The van der Waals surface area contributed by atoms with Crippen LogP contribution in [0.5, 0.6) is 0 Å². The summed E-state index contributed by atoms with van der Waals surface area (Å²) >= 11 is 0. The van der Waals surface area contributed by atoms with Gasteiger partial charge in [0.15, 0.2) is 0 Å². The lowest BCUT2D eigenvalue weighted by Gasteiger charge is -2.07. The fourth-order valence-corrected chi connectivity index (χ4v) is 3.19. The van der Waals surface area contributed by atoms with Crippen LogP contribution in [0.1, 0.15) is 29.9 Å². The van der Waals surface area contributed by atoms with Gasteiger partial charge in [-0.1, -0.05) is 48.5 Å². The molecule has 1 aliphatic rings. The van der Waals surface area contributed by atoms with Crippen LogP contribution in [0.25, 0.3) is 10.9 Å². The Morgan fingerprint density at radius 1 is 1.17 bits per heavy atom. The summed E-state index contributed by atoms with van der Waals surface area (Å²) < 4.78 is 7.41. The van der Waals surface area contributed by atoms with Gasteiger partial charge in [0.25, 0.3) is 0 Å². The zero-order chi connectivity index (χ0) is 16.5. The van der Waals surface area contributed by atoms with E-state index < -0.39 is 6.09 Å². The smallest absolute Gasteiger partial charge is 0.412 e. The number of fused-ring (bicyclic) bond motifs is 1. The molecule has 0 spiro atoms. The van der Waals surface area contributed by atoms with Crippen LogP contribution in [-0.2, 0) is 18.4 Å². The minimum absolute atomic E-state index is 0.269. The Kier molecular flexibility index (Phi) is 3.73. The second kappa shape index (κ2) is 6.04. The molecule has 4 rings (SSSR count). The molecule has 1 amide bonds. The highest BCUT2D eigenvalue weighted by Gasteiger charge is 2.27. The fourth-order valence-electron chi connectivity index (χ4n) is 3.19. The zero-order valence-electron chi connectivity index (χ0n) is 13.7. The molecule has 0 bridgehead atoms. The minimum atomic E-state index is -0.428. The molecule has 1 saturated carbocycles. The second-order valence-corrected chi connectivity index (χ2v) is 6.36. The number of nitrogens with one attached hydrogen (secondary N) is 1. The molecule has 3 aromatic rings. The van der Waals surface area contributed by atoms with Crippen molar-refractivity contribution in [3.63, 3.8) is 0 Å². The first-order valence-electron chi connectivity index (χ1n) is 8.28. The maximum atomic E-state index is 12.1. The van der Waals surface area contributed by atoms with Crippen LogP contribution in [-0.4, -0.2) is 10.7 Å². The maximum Gasteiger partial charge on any atom is 0.412 e.